The quantitative estimate of drug-likeness (QED) is 0.709. The maximum Gasteiger partial charge on any atom is 0.244 e. The SMILES string of the molecule is C/C(C(N)=O)=C(/C)C(C)N1CCN(C)CC1. The Hall–Kier alpha value is -0.870. The third-order valence-corrected chi connectivity index (χ3v) is 3.67. The molecular formula is C12H23N3O. The molecule has 1 fully saturated rings. The van der Waals surface area contributed by atoms with Crippen LogP contribution in [0.25, 0.3) is 0 Å². The largest absolute Gasteiger partial charge is 0.366 e. The highest BCUT2D eigenvalue weighted by Gasteiger charge is 2.21. The van der Waals surface area contributed by atoms with Crippen LogP contribution < -0.4 is 5.73 Å². The van der Waals surface area contributed by atoms with Crippen molar-refractivity contribution in [2.45, 2.75) is 26.8 Å². The number of nitrogens with zero attached hydrogens (tertiary/aromatic N) is 2. The number of nitrogens with two attached hydrogens (primary N) is 1. The van der Waals surface area contributed by atoms with Gasteiger partial charge >= 0.3 is 0 Å². The van der Waals surface area contributed by atoms with Crippen LogP contribution in [0.1, 0.15) is 20.8 Å². The van der Waals surface area contributed by atoms with Gasteiger partial charge in [0.05, 0.1) is 0 Å². The molecule has 1 aliphatic rings. The van der Waals surface area contributed by atoms with Gasteiger partial charge in [-0.05, 0) is 33.4 Å². The molecule has 0 aliphatic carbocycles. The summed E-state index contributed by atoms with van der Waals surface area (Å²) in [6, 6.07) is 0.307. The van der Waals surface area contributed by atoms with E-state index in [2.05, 4.69) is 23.8 Å². The minimum atomic E-state index is -0.307. The van der Waals surface area contributed by atoms with Gasteiger partial charge in [-0.3, -0.25) is 9.69 Å². The zero-order valence-electron chi connectivity index (χ0n) is 10.8. The number of hydrogen-bond donors (Lipinski definition) is 1. The summed E-state index contributed by atoms with van der Waals surface area (Å²) in [5.74, 6) is -0.307. The zero-order chi connectivity index (χ0) is 12.3. The second kappa shape index (κ2) is 5.46. The molecule has 0 aromatic heterocycles. The van der Waals surface area contributed by atoms with Gasteiger partial charge in [-0.1, -0.05) is 0 Å². The highest BCUT2D eigenvalue weighted by Crippen LogP contribution is 2.15. The van der Waals surface area contributed by atoms with Crippen LogP contribution in [0.5, 0.6) is 0 Å². The van der Waals surface area contributed by atoms with Crippen LogP contribution in [-0.4, -0.2) is 55.0 Å². The van der Waals surface area contributed by atoms with E-state index in [1.807, 2.05) is 13.8 Å². The van der Waals surface area contributed by atoms with Crippen LogP contribution in [0, 0.1) is 0 Å². The monoisotopic (exact) mass is 225 g/mol. The van der Waals surface area contributed by atoms with Crippen LogP contribution >= 0.6 is 0 Å². The highest BCUT2D eigenvalue weighted by atomic mass is 16.1. The Morgan fingerprint density at radius 1 is 1.19 bits per heavy atom. The van der Waals surface area contributed by atoms with Crippen molar-refractivity contribution < 1.29 is 4.79 Å². The van der Waals surface area contributed by atoms with Gasteiger partial charge in [-0.2, -0.15) is 0 Å². The molecule has 0 aromatic carbocycles. The molecule has 1 amide bonds. The lowest BCUT2D eigenvalue weighted by atomic mass is 10.0. The minimum Gasteiger partial charge on any atom is -0.366 e. The molecule has 4 nitrogen and oxygen atoms in total. The maximum absolute atomic E-state index is 11.1. The molecule has 1 rings (SSSR count). The predicted molar refractivity (Wildman–Crippen MR) is 66.1 cm³/mol. The fraction of sp³-hybridized carbons (Fsp3) is 0.750. The summed E-state index contributed by atoms with van der Waals surface area (Å²) in [5, 5.41) is 0. The molecule has 1 saturated heterocycles. The van der Waals surface area contributed by atoms with Gasteiger partial charge in [0.25, 0.3) is 0 Å². The Balaban J connectivity index is 2.67. The Labute approximate surface area is 98.1 Å². The first-order valence-corrected chi connectivity index (χ1v) is 5.83. The summed E-state index contributed by atoms with van der Waals surface area (Å²) >= 11 is 0. The van der Waals surface area contributed by atoms with E-state index in [-0.39, 0.29) is 5.91 Å². The molecule has 1 atom stereocenters. The maximum atomic E-state index is 11.1. The minimum absolute atomic E-state index is 0.307. The fourth-order valence-corrected chi connectivity index (χ4v) is 1.99. The topological polar surface area (TPSA) is 49.6 Å². The van der Waals surface area contributed by atoms with Gasteiger partial charge in [0.2, 0.25) is 5.91 Å². The van der Waals surface area contributed by atoms with E-state index in [1.54, 1.807) is 0 Å². The predicted octanol–water partition coefficient (Wildman–Crippen LogP) is 0.444. The summed E-state index contributed by atoms with van der Waals surface area (Å²) in [6.45, 7) is 10.3. The number of amides is 1. The number of carbonyl (C=O) groups excluding carboxylic acids is 1. The zero-order valence-corrected chi connectivity index (χ0v) is 10.8. The van der Waals surface area contributed by atoms with Crippen molar-refractivity contribution in [3.05, 3.63) is 11.1 Å². The number of carbonyl (C=O) groups is 1. The van der Waals surface area contributed by atoms with E-state index in [4.69, 9.17) is 5.73 Å². The van der Waals surface area contributed by atoms with Crippen LogP contribution in [0.2, 0.25) is 0 Å². The van der Waals surface area contributed by atoms with Crippen molar-refractivity contribution in [2.75, 3.05) is 33.2 Å². The number of likely N-dealkylation sites (N-methyl/N-ethyl adjacent to an activating group) is 1. The van der Waals surface area contributed by atoms with Gasteiger partial charge in [0.1, 0.15) is 0 Å². The first kappa shape index (κ1) is 13.2. The molecule has 92 valence electrons. The summed E-state index contributed by atoms with van der Waals surface area (Å²) in [4.78, 5) is 15.8. The number of hydrogen-bond acceptors (Lipinski definition) is 3. The van der Waals surface area contributed by atoms with Crippen LogP contribution in [0.4, 0.5) is 0 Å². The summed E-state index contributed by atoms with van der Waals surface area (Å²) in [7, 11) is 2.14. The van der Waals surface area contributed by atoms with Gasteiger partial charge in [-0.25, -0.2) is 0 Å². The molecule has 1 heterocycles. The molecule has 0 spiro atoms. The Bertz CT molecular complexity index is 291. The van der Waals surface area contributed by atoms with Crippen molar-refractivity contribution in [1.82, 2.24) is 9.80 Å². The van der Waals surface area contributed by atoms with E-state index in [0.717, 1.165) is 31.8 Å². The second-order valence-corrected chi connectivity index (χ2v) is 4.69. The normalized spacial score (nSPS) is 22.8. The lowest BCUT2D eigenvalue weighted by Crippen LogP contribution is -2.48. The Kier molecular flexibility index (Phi) is 4.50. The number of piperazine rings is 1. The third-order valence-electron chi connectivity index (χ3n) is 3.67. The average Bonchev–Trinajstić information content (AvgIpc) is 2.27. The molecule has 1 aliphatic heterocycles. The van der Waals surface area contributed by atoms with Crippen LogP contribution in [0.3, 0.4) is 0 Å². The first-order chi connectivity index (χ1) is 7.43. The van der Waals surface area contributed by atoms with Crippen LogP contribution in [0.15, 0.2) is 11.1 Å². The van der Waals surface area contributed by atoms with Gasteiger partial charge in [0.15, 0.2) is 0 Å². The van der Waals surface area contributed by atoms with Crippen molar-refractivity contribution in [3.63, 3.8) is 0 Å². The van der Waals surface area contributed by atoms with Gasteiger partial charge in [-0.15, -0.1) is 0 Å². The molecule has 0 saturated carbocycles. The summed E-state index contributed by atoms with van der Waals surface area (Å²) < 4.78 is 0. The molecule has 0 aromatic rings. The van der Waals surface area contributed by atoms with Gasteiger partial charge < -0.3 is 10.6 Å². The van der Waals surface area contributed by atoms with Crippen LogP contribution in [-0.2, 0) is 4.79 Å². The van der Waals surface area contributed by atoms with E-state index >= 15 is 0 Å². The molecular weight excluding hydrogens is 202 g/mol. The number of primary amides is 1. The molecule has 0 bridgehead atoms. The van der Waals surface area contributed by atoms with Crippen molar-refractivity contribution >= 4 is 5.91 Å². The second-order valence-electron chi connectivity index (χ2n) is 4.69. The molecule has 0 radical (unpaired) electrons. The average molecular weight is 225 g/mol. The van der Waals surface area contributed by atoms with Gasteiger partial charge in [0, 0.05) is 37.8 Å². The standard InChI is InChI=1S/C12H23N3O/c1-9(10(2)12(13)16)11(3)15-7-5-14(4)6-8-15/h11H,5-8H2,1-4H3,(H2,13,16)/b10-9+. The van der Waals surface area contributed by atoms with E-state index in [0.29, 0.717) is 11.6 Å². The molecule has 1 unspecified atom stereocenters. The highest BCUT2D eigenvalue weighted by molar-refractivity contribution is 5.92. The summed E-state index contributed by atoms with van der Waals surface area (Å²) in [5.41, 5.74) is 7.10. The fourth-order valence-electron chi connectivity index (χ4n) is 1.99. The van der Waals surface area contributed by atoms with E-state index in [1.165, 1.54) is 0 Å². The van der Waals surface area contributed by atoms with Crippen molar-refractivity contribution in [2.24, 2.45) is 5.73 Å². The lowest BCUT2D eigenvalue weighted by Gasteiger charge is -2.37. The molecule has 16 heavy (non-hydrogen) atoms. The van der Waals surface area contributed by atoms with Crippen molar-refractivity contribution in [3.8, 4) is 0 Å². The Morgan fingerprint density at radius 2 is 1.69 bits per heavy atom. The molecule has 4 heteroatoms. The van der Waals surface area contributed by atoms with E-state index < -0.39 is 0 Å². The van der Waals surface area contributed by atoms with E-state index in [9.17, 15) is 4.79 Å². The number of rotatable bonds is 3. The first-order valence-electron chi connectivity index (χ1n) is 5.83. The third kappa shape index (κ3) is 3.06. The Morgan fingerprint density at radius 3 is 2.12 bits per heavy atom. The molecule has 2 N–H and O–H groups in total. The lowest BCUT2D eigenvalue weighted by molar-refractivity contribution is -0.114. The summed E-state index contributed by atoms with van der Waals surface area (Å²) in [6.07, 6.45) is 0. The smallest absolute Gasteiger partial charge is 0.244 e. The van der Waals surface area contributed by atoms with Crippen molar-refractivity contribution in [1.29, 1.82) is 0 Å².